The van der Waals surface area contributed by atoms with E-state index in [1.165, 1.54) is 18.9 Å². The summed E-state index contributed by atoms with van der Waals surface area (Å²) in [4.78, 5) is 32.9. The molecular weight excluding hydrogens is 487 g/mol. The molecule has 35 heavy (non-hydrogen) atoms. The van der Waals surface area contributed by atoms with Crippen molar-refractivity contribution in [3.05, 3.63) is 52.2 Å². The van der Waals surface area contributed by atoms with E-state index in [0.29, 0.717) is 37.6 Å². The van der Waals surface area contributed by atoms with E-state index in [0.717, 1.165) is 11.8 Å². The number of amides is 1. The molecule has 1 aromatic rings. The number of carbonyl (C=O) groups excluding carboxylic acids is 2. The molecule has 1 saturated heterocycles. The molecule has 188 valence electrons. The molecule has 1 amide bonds. The molecule has 3 heterocycles. The van der Waals surface area contributed by atoms with Gasteiger partial charge in [-0.25, -0.2) is 9.79 Å². The summed E-state index contributed by atoms with van der Waals surface area (Å²) in [5.74, 6) is -1.03. The fraction of sp³-hybridized carbons (Fsp3) is 0.435. The lowest BCUT2D eigenvalue weighted by atomic mass is 9.92. The van der Waals surface area contributed by atoms with Crippen LogP contribution < -0.4 is 4.74 Å². The summed E-state index contributed by atoms with van der Waals surface area (Å²) < 4.78 is 58.2. The van der Waals surface area contributed by atoms with E-state index in [-0.39, 0.29) is 29.9 Å². The van der Waals surface area contributed by atoms with Gasteiger partial charge in [-0.1, -0.05) is 30.0 Å². The SMILES string of the molecule is CCOC(=O)C1=C(C(F)(F)F)N=C2SC=C(CC(=O)N3CCOCC3)N2C1c1ccccc1OC. The van der Waals surface area contributed by atoms with Crippen LogP contribution in [0.15, 0.2) is 51.6 Å². The number of thioether (sulfide) groups is 1. The highest BCUT2D eigenvalue weighted by molar-refractivity contribution is 8.16. The Hall–Kier alpha value is -2.99. The van der Waals surface area contributed by atoms with E-state index in [4.69, 9.17) is 14.2 Å². The summed E-state index contributed by atoms with van der Waals surface area (Å²) in [7, 11) is 1.40. The summed E-state index contributed by atoms with van der Waals surface area (Å²) in [6, 6.07) is 5.25. The molecule has 1 fully saturated rings. The third-order valence-electron chi connectivity index (χ3n) is 5.70. The number of nitrogens with zero attached hydrogens (tertiary/aromatic N) is 3. The number of hydrogen-bond acceptors (Lipinski definition) is 8. The number of aliphatic imine (C=N–C) groups is 1. The summed E-state index contributed by atoms with van der Waals surface area (Å²) in [6.07, 6.45) is -4.98. The number of halogens is 3. The van der Waals surface area contributed by atoms with Crippen LogP contribution in [-0.4, -0.2) is 73.0 Å². The maximum atomic E-state index is 14.1. The Morgan fingerprint density at radius 3 is 2.60 bits per heavy atom. The van der Waals surface area contributed by atoms with Crippen molar-refractivity contribution in [2.75, 3.05) is 40.0 Å². The Balaban J connectivity index is 1.82. The highest BCUT2D eigenvalue weighted by atomic mass is 32.2. The Morgan fingerprint density at radius 2 is 1.94 bits per heavy atom. The molecule has 8 nitrogen and oxygen atoms in total. The first-order chi connectivity index (χ1) is 16.8. The van der Waals surface area contributed by atoms with Crippen LogP contribution in [0.3, 0.4) is 0 Å². The topological polar surface area (TPSA) is 80.7 Å². The molecule has 0 radical (unpaired) electrons. The highest BCUT2D eigenvalue weighted by Crippen LogP contribution is 2.49. The quantitative estimate of drug-likeness (QED) is 0.540. The van der Waals surface area contributed by atoms with Gasteiger partial charge in [-0.2, -0.15) is 13.2 Å². The molecule has 0 aliphatic carbocycles. The Morgan fingerprint density at radius 1 is 1.23 bits per heavy atom. The Kier molecular flexibility index (Phi) is 7.41. The molecule has 1 aromatic carbocycles. The number of ether oxygens (including phenoxy) is 3. The molecule has 3 aliphatic rings. The normalized spacial score (nSPS) is 20.3. The standard InChI is InChI=1S/C23H24F3N3O5S/c1-3-34-21(31)18-19(15-6-4-5-7-16(15)32-2)29-14(12-17(30)28-8-10-33-11-9-28)13-35-22(29)27-20(18)23(24,25)26/h4-7,13,19H,3,8-12H2,1-2H3. The van der Waals surface area contributed by atoms with E-state index in [1.54, 1.807) is 34.6 Å². The maximum absolute atomic E-state index is 14.1. The first kappa shape index (κ1) is 25.1. The van der Waals surface area contributed by atoms with Gasteiger partial charge in [0.25, 0.3) is 0 Å². The van der Waals surface area contributed by atoms with E-state index >= 15 is 0 Å². The van der Waals surface area contributed by atoms with Crippen LogP contribution in [0, 0.1) is 0 Å². The predicted molar refractivity (Wildman–Crippen MR) is 122 cm³/mol. The van der Waals surface area contributed by atoms with Gasteiger partial charge < -0.3 is 24.0 Å². The molecule has 0 bridgehead atoms. The van der Waals surface area contributed by atoms with Crippen LogP contribution in [0.2, 0.25) is 0 Å². The van der Waals surface area contributed by atoms with Crippen molar-refractivity contribution >= 4 is 28.8 Å². The van der Waals surface area contributed by atoms with Crippen molar-refractivity contribution in [1.29, 1.82) is 0 Å². The number of hydrogen-bond donors (Lipinski definition) is 0. The van der Waals surface area contributed by atoms with Gasteiger partial charge in [-0.3, -0.25) is 4.79 Å². The summed E-state index contributed by atoms with van der Waals surface area (Å²) in [5.41, 5.74) is -1.22. The first-order valence-electron chi connectivity index (χ1n) is 11.0. The fourth-order valence-electron chi connectivity index (χ4n) is 4.15. The number of carbonyl (C=O) groups is 2. The van der Waals surface area contributed by atoms with Gasteiger partial charge in [0.2, 0.25) is 5.91 Å². The lowest BCUT2D eigenvalue weighted by molar-refractivity contribution is -0.140. The molecule has 0 spiro atoms. The number of esters is 1. The van der Waals surface area contributed by atoms with Crippen LogP contribution in [-0.2, 0) is 19.1 Å². The van der Waals surface area contributed by atoms with Gasteiger partial charge in [0.05, 0.1) is 45.0 Å². The second-order valence-electron chi connectivity index (χ2n) is 7.79. The zero-order chi connectivity index (χ0) is 25.2. The van der Waals surface area contributed by atoms with Gasteiger partial charge in [-0.05, 0) is 18.4 Å². The lowest BCUT2D eigenvalue weighted by Crippen LogP contribution is -2.43. The molecule has 0 saturated carbocycles. The monoisotopic (exact) mass is 511 g/mol. The van der Waals surface area contributed by atoms with Crippen LogP contribution in [0.5, 0.6) is 5.75 Å². The molecule has 4 rings (SSSR count). The second kappa shape index (κ2) is 10.3. The van der Waals surface area contributed by atoms with Crippen LogP contribution in [0.25, 0.3) is 0 Å². The van der Waals surface area contributed by atoms with Crippen molar-refractivity contribution in [2.45, 2.75) is 25.6 Å². The third-order valence-corrected chi connectivity index (χ3v) is 6.59. The molecule has 3 aliphatic heterocycles. The zero-order valence-corrected chi connectivity index (χ0v) is 19.9. The Labute approximate surface area is 204 Å². The average Bonchev–Trinajstić information content (AvgIpc) is 3.25. The number of para-hydroxylation sites is 1. The van der Waals surface area contributed by atoms with E-state index in [1.807, 2.05) is 0 Å². The number of morpholine rings is 1. The van der Waals surface area contributed by atoms with Gasteiger partial charge in [-0.15, -0.1) is 0 Å². The van der Waals surface area contributed by atoms with Gasteiger partial charge in [0.1, 0.15) is 5.75 Å². The molecule has 1 atom stereocenters. The molecule has 12 heteroatoms. The molecule has 0 N–H and O–H groups in total. The zero-order valence-electron chi connectivity index (χ0n) is 19.1. The summed E-state index contributed by atoms with van der Waals surface area (Å²) in [5, 5.41) is 1.62. The van der Waals surface area contributed by atoms with Gasteiger partial charge in [0.15, 0.2) is 10.9 Å². The Bertz CT molecular complexity index is 1100. The first-order valence-corrected chi connectivity index (χ1v) is 11.8. The molecular formula is C23H24F3N3O5S. The minimum Gasteiger partial charge on any atom is -0.496 e. The minimum absolute atomic E-state index is 0.0195. The number of alkyl halides is 3. The number of methoxy groups -OCH3 is 1. The van der Waals surface area contributed by atoms with Crippen LogP contribution in [0.1, 0.15) is 24.9 Å². The fourth-order valence-corrected chi connectivity index (χ4v) is 5.07. The summed E-state index contributed by atoms with van der Waals surface area (Å²) >= 11 is 0.973. The molecule has 0 aromatic heterocycles. The summed E-state index contributed by atoms with van der Waals surface area (Å²) in [6.45, 7) is 3.11. The minimum atomic E-state index is -4.91. The van der Waals surface area contributed by atoms with E-state index in [9.17, 15) is 22.8 Å². The number of allylic oxidation sites excluding steroid dienone is 1. The molecule has 1 unspecified atom stereocenters. The second-order valence-corrected chi connectivity index (χ2v) is 8.62. The van der Waals surface area contributed by atoms with Crippen molar-refractivity contribution < 1.29 is 37.0 Å². The predicted octanol–water partition coefficient (Wildman–Crippen LogP) is 3.62. The lowest BCUT2D eigenvalue weighted by Gasteiger charge is -2.37. The van der Waals surface area contributed by atoms with Gasteiger partial charge in [0, 0.05) is 24.4 Å². The van der Waals surface area contributed by atoms with E-state index in [2.05, 4.69) is 4.99 Å². The van der Waals surface area contributed by atoms with Crippen molar-refractivity contribution in [3.63, 3.8) is 0 Å². The van der Waals surface area contributed by atoms with Crippen LogP contribution >= 0.6 is 11.8 Å². The van der Waals surface area contributed by atoms with Crippen LogP contribution in [0.4, 0.5) is 13.2 Å². The number of amidine groups is 1. The van der Waals surface area contributed by atoms with Crippen molar-refractivity contribution in [1.82, 2.24) is 9.80 Å². The largest absolute Gasteiger partial charge is 0.496 e. The smallest absolute Gasteiger partial charge is 0.434 e. The van der Waals surface area contributed by atoms with Crippen molar-refractivity contribution in [2.24, 2.45) is 4.99 Å². The maximum Gasteiger partial charge on any atom is 0.434 e. The number of rotatable bonds is 6. The highest BCUT2D eigenvalue weighted by Gasteiger charge is 2.50. The van der Waals surface area contributed by atoms with E-state index < -0.39 is 29.5 Å². The van der Waals surface area contributed by atoms with Crippen molar-refractivity contribution in [3.8, 4) is 5.75 Å². The van der Waals surface area contributed by atoms with Gasteiger partial charge >= 0.3 is 12.1 Å². The average molecular weight is 512 g/mol. The number of benzene rings is 1. The number of fused-ring (bicyclic) bond motifs is 1. The third kappa shape index (κ3) is 5.03.